The van der Waals surface area contributed by atoms with E-state index in [4.69, 9.17) is 10.00 Å². The lowest BCUT2D eigenvalue weighted by atomic mass is 10.1. The number of nitrogens with zero attached hydrogens (tertiary/aromatic N) is 2. The molecule has 0 bridgehead atoms. The third kappa shape index (κ3) is 3.94. The number of likely N-dealkylation sites (tertiary alicyclic amines) is 1. The van der Waals surface area contributed by atoms with Crippen molar-refractivity contribution < 1.29 is 9.53 Å². The van der Waals surface area contributed by atoms with Gasteiger partial charge in [-0.1, -0.05) is 30.3 Å². The summed E-state index contributed by atoms with van der Waals surface area (Å²) in [6.07, 6.45) is 3.32. The molecule has 2 rings (SSSR count). The van der Waals surface area contributed by atoms with Crippen LogP contribution in [0.1, 0.15) is 18.4 Å². The largest absolute Gasteiger partial charge is 0.457 e. The fourth-order valence-electron chi connectivity index (χ4n) is 2.28. The third-order valence-corrected chi connectivity index (χ3v) is 3.31. The lowest BCUT2D eigenvalue weighted by Gasteiger charge is -2.29. The summed E-state index contributed by atoms with van der Waals surface area (Å²) in [5.41, 5.74) is 0.867. The summed E-state index contributed by atoms with van der Waals surface area (Å²) in [5, 5.41) is 9.11. The van der Waals surface area contributed by atoms with Gasteiger partial charge in [-0.15, -0.1) is 0 Å². The highest BCUT2D eigenvalue weighted by Gasteiger charge is 2.22. The molecular weight excluding hydrogens is 252 g/mol. The molecule has 4 heteroatoms. The van der Waals surface area contributed by atoms with Gasteiger partial charge in [-0.3, -0.25) is 0 Å². The predicted molar refractivity (Wildman–Crippen MR) is 76.6 cm³/mol. The molecular formula is C16H18N2O2. The van der Waals surface area contributed by atoms with Crippen LogP contribution < -0.4 is 0 Å². The van der Waals surface area contributed by atoms with Crippen LogP contribution in [0.5, 0.6) is 0 Å². The smallest absolute Gasteiger partial charge is 0.349 e. The van der Waals surface area contributed by atoms with Crippen molar-refractivity contribution in [3.63, 3.8) is 0 Å². The molecule has 1 fully saturated rings. The van der Waals surface area contributed by atoms with E-state index in [1.807, 2.05) is 43.4 Å². The Kier molecular flexibility index (Phi) is 4.91. The van der Waals surface area contributed by atoms with E-state index < -0.39 is 5.97 Å². The van der Waals surface area contributed by atoms with Gasteiger partial charge in [-0.25, -0.2) is 4.79 Å². The minimum absolute atomic E-state index is 0.0458. The van der Waals surface area contributed by atoms with Gasteiger partial charge in [0.05, 0.1) is 0 Å². The third-order valence-electron chi connectivity index (χ3n) is 3.31. The van der Waals surface area contributed by atoms with Crippen LogP contribution in [0.4, 0.5) is 0 Å². The van der Waals surface area contributed by atoms with Gasteiger partial charge in [0.2, 0.25) is 0 Å². The van der Waals surface area contributed by atoms with Gasteiger partial charge in [0.15, 0.2) is 0 Å². The zero-order valence-corrected chi connectivity index (χ0v) is 11.6. The summed E-state index contributed by atoms with van der Waals surface area (Å²) in [6, 6.07) is 11.2. The second kappa shape index (κ2) is 6.88. The molecule has 0 saturated carbocycles. The number of benzene rings is 1. The van der Waals surface area contributed by atoms with E-state index >= 15 is 0 Å². The first-order valence-electron chi connectivity index (χ1n) is 6.75. The van der Waals surface area contributed by atoms with Crippen molar-refractivity contribution in [2.24, 2.45) is 0 Å². The number of ether oxygens (including phenoxy) is 1. The standard InChI is InChI=1S/C16H18N2O2/c1-18-9-5-8-15(12-18)20-16(19)14(11-17)10-13-6-3-2-4-7-13/h2-4,6-7,10,15H,5,8-9,12H2,1H3/b14-10+. The number of rotatable bonds is 3. The Morgan fingerprint density at radius 1 is 1.45 bits per heavy atom. The van der Waals surface area contributed by atoms with Crippen molar-refractivity contribution in [3.8, 4) is 6.07 Å². The molecule has 1 heterocycles. The van der Waals surface area contributed by atoms with Gasteiger partial charge in [-0.2, -0.15) is 5.26 Å². The molecule has 1 aliphatic rings. The van der Waals surface area contributed by atoms with Gasteiger partial charge in [0, 0.05) is 6.54 Å². The zero-order valence-electron chi connectivity index (χ0n) is 11.6. The Bertz CT molecular complexity index is 531. The van der Waals surface area contributed by atoms with Crippen molar-refractivity contribution in [1.29, 1.82) is 5.26 Å². The maximum Gasteiger partial charge on any atom is 0.349 e. The summed E-state index contributed by atoms with van der Waals surface area (Å²) in [6.45, 7) is 1.76. The van der Waals surface area contributed by atoms with Crippen molar-refractivity contribution >= 4 is 12.0 Å². The lowest BCUT2D eigenvalue weighted by molar-refractivity contribution is -0.145. The highest BCUT2D eigenvalue weighted by molar-refractivity contribution is 5.97. The van der Waals surface area contributed by atoms with E-state index in [0.29, 0.717) is 0 Å². The summed E-state index contributed by atoms with van der Waals surface area (Å²) in [4.78, 5) is 14.2. The molecule has 20 heavy (non-hydrogen) atoms. The van der Waals surface area contributed by atoms with Gasteiger partial charge >= 0.3 is 5.97 Å². The van der Waals surface area contributed by atoms with Gasteiger partial charge in [-0.05, 0) is 38.1 Å². The summed E-state index contributed by atoms with van der Waals surface area (Å²) < 4.78 is 5.42. The molecule has 0 aromatic heterocycles. The maximum atomic E-state index is 12.0. The predicted octanol–water partition coefficient (Wildman–Crippen LogP) is 2.23. The highest BCUT2D eigenvalue weighted by atomic mass is 16.5. The first-order valence-corrected chi connectivity index (χ1v) is 6.75. The second-order valence-electron chi connectivity index (χ2n) is 5.01. The first-order chi connectivity index (χ1) is 9.69. The van der Waals surface area contributed by atoms with Crippen molar-refractivity contribution in [1.82, 2.24) is 4.90 Å². The minimum Gasteiger partial charge on any atom is -0.457 e. The first kappa shape index (κ1) is 14.3. The Morgan fingerprint density at radius 3 is 2.85 bits per heavy atom. The molecule has 104 valence electrons. The van der Waals surface area contributed by atoms with E-state index in [1.54, 1.807) is 6.08 Å². The Balaban J connectivity index is 2.03. The average Bonchev–Trinajstić information content (AvgIpc) is 2.45. The van der Waals surface area contributed by atoms with Crippen LogP contribution in [0, 0.1) is 11.3 Å². The van der Waals surface area contributed by atoms with Crippen molar-refractivity contribution in [3.05, 3.63) is 41.5 Å². The van der Waals surface area contributed by atoms with Crippen molar-refractivity contribution in [2.75, 3.05) is 20.1 Å². The number of carbonyl (C=O) groups excluding carboxylic acids is 1. The van der Waals surface area contributed by atoms with Crippen LogP contribution in [0.15, 0.2) is 35.9 Å². The van der Waals surface area contributed by atoms with Crippen LogP contribution in [0.25, 0.3) is 6.08 Å². The molecule has 1 aromatic carbocycles. The molecule has 1 aromatic rings. The number of piperidine rings is 1. The molecule has 1 aliphatic heterocycles. The van der Waals surface area contributed by atoms with E-state index in [0.717, 1.165) is 31.5 Å². The molecule has 0 aliphatic carbocycles. The number of likely N-dealkylation sites (N-methyl/N-ethyl adjacent to an activating group) is 1. The minimum atomic E-state index is -0.531. The number of nitriles is 1. The Hall–Kier alpha value is -2.12. The van der Waals surface area contributed by atoms with E-state index in [-0.39, 0.29) is 11.7 Å². The summed E-state index contributed by atoms with van der Waals surface area (Å²) in [5.74, 6) is -0.531. The Labute approximate surface area is 119 Å². The molecule has 1 atom stereocenters. The number of carbonyl (C=O) groups is 1. The van der Waals surface area contributed by atoms with E-state index in [1.165, 1.54) is 0 Å². The normalized spacial score (nSPS) is 20.2. The second-order valence-corrected chi connectivity index (χ2v) is 5.01. The van der Waals surface area contributed by atoms with Crippen LogP contribution in [-0.2, 0) is 9.53 Å². The molecule has 0 radical (unpaired) electrons. The van der Waals surface area contributed by atoms with Crippen LogP contribution in [0.3, 0.4) is 0 Å². The van der Waals surface area contributed by atoms with Gasteiger partial charge in [0.25, 0.3) is 0 Å². The summed E-state index contributed by atoms with van der Waals surface area (Å²) in [7, 11) is 2.00. The molecule has 0 N–H and O–H groups in total. The number of esters is 1. The Morgan fingerprint density at radius 2 is 2.20 bits per heavy atom. The topological polar surface area (TPSA) is 53.3 Å². The fourth-order valence-corrected chi connectivity index (χ4v) is 2.28. The van der Waals surface area contributed by atoms with Crippen LogP contribution >= 0.6 is 0 Å². The molecule has 4 nitrogen and oxygen atoms in total. The number of hydrogen-bond acceptors (Lipinski definition) is 4. The van der Waals surface area contributed by atoms with Crippen LogP contribution in [-0.4, -0.2) is 37.1 Å². The van der Waals surface area contributed by atoms with E-state index in [2.05, 4.69) is 4.90 Å². The maximum absolute atomic E-state index is 12.0. The van der Waals surface area contributed by atoms with Crippen LogP contribution in [0.2, 0.25) is 0 Å². The molecule has 1 saturated heterocycles. The SMILES string of the molecule is CN1CCCC(OC(=O)/C(C#N)=C/c2ccccc2)C1. The molecule has 0 spiro atoms. The average molecular weight is 270 g/mol. The fraction of sp³-hybridized carbons (Fsp3) is 0.375. The molecule has 0 amide bonds. The van der Waals surface area contributed by atoms with Crippen molar-refractivity contribution in [2.45, 2.75) is 18.9 Å². The number of hydrogen-bond donors (Lipinski definition) is 0. The highest BCUT2D eigenvalue weighted by Crippen LogP contribution is 2.14. The van der Waals surface area contributed by atoms with E-state index in [9.17, 15) is 4.79 Å². The lowest BCUT2D eigenvalue weighted by Crippen LogP contribution is -2.38. The monoisotopic (exact) mass is 270 g/mol. The van der Waals surface area contributed by atoms with Gasteiger partial charge < -0.3 is 9.64 Å². The van der Waals surface area contributed by atoms with Gasteiger partial charge in [0.1, 0.15) is 17.7 Å². The molecule has 1 unspecified atom stereocenters. The summed E-state index contributed by atoms with van der Waals surface area (Å²) >= 11 is 0. The zero-order chi connectivity index (χ0) is 14.4. The quantitative estimate of drug-likeness (QED) is 0.480.